The molecule has 1 saturated heterocycles. The van der Waals surface area contributed by atoms with Gasteiger partial charge in [-0.3, -0.25) is 19.6 Å². The van der Waals surface area contributed by atoms with Crippen LogP contribution >= 0.6 is 0 Å². The molecule has 7 nitrogen and oxygen atoms in total. The molecule has 7 heteroatoms. The highest BCUT2D eigenvalue weighted by Crippen LogP contribution is 2.23. The van der Waals surface area contributed by atoms with Crippen molar-refractivity contribution in [2.75, 3.05) is 33.2 Å². The number of carbonyl (C=O) groups is 1. The molecule has 0 spiro atoms. The molecule has 29 heavy (non-hydrogen) atoms. The van der Waals surface area contributed by atoms with E-state index >= 15 is 0 Å². The maximum absolute atomic E-state index is 12.4. The van der Waals surface area contributed by atoms with E-state index < -0.39 is 11.9 Å². The number of rotatable bonds is 6. The molecular weight excluding hydrogens is 366 g/mol. The number of nitrogens with one attached hydrogen (secondary N) is 1. The Morgan fingerprint density at radius 2 is 1.86 bits per heavy atom. The number of hydrogen-bond donors (Lipinski definition) is 2. The number of benzene rings is 2. The van der Waals surface area contributed by atoms with Gasteiger partial charge >= 0.3 is 0 Å². The van der Waals surface area contributed by atoms with Gasteiger partial charge in [-0.1, -0.05) is 48.5 Å². The number of aromatic nitrogens is 2. The number of hydroxylamine groups is 1. The second-order valence-corrected chi connectivity index (χ2v) is 7.73. The first-order valence-corrected chi connectivity index (χ1v) is 9.99. The third-order valence-electron chi connectivity index (χ3n) is 5.63. The van der Waals surface area contributed by atoms with Crippen LogP contribution in [0.3, 0.4) is 0 Å². The number of hydrogen-bond acceptors (Lipinski definition) is 5. The summed E-state index contributed by atoms with van der Waals surface area (Å²) >= 11 is 0. The van der Waals surface area contributed by atoms with E-state index in [1.807, 2.05) is 48.7 Å². The average Bonchev–Trinajstić information content (AvgIpc) is 3.19. The summed E-state index contributed by atoms with van der Waals surface area (Å²) < 4.78 is 1.68. The van der Waals surface area contributed by atoms with Gasteiger partial charge in [0.15, 0.2) is 0 Å². The average molecular weight is 393 g/mol. The highest BCUT2D eigenvalue weighted by atomic mass is 16.5. The van der Waals surface area contributed by atoms with Crippen molar-refractivity contribution in [3.05, 3.63) is 65.9 Å². The van der Waals surface area contributed by atoms with E-state index in [9.17, 15) is 10.0 Å². The summed E-state index contributed by atoms with van der Waals surface area (Å²) in [6, 6.07) is 15.3. The molecule has 0 aliphatic carbocycles. The smallest absolute Gasteiger partial charge is 0.268 e. The third-order valence-corrected chi connectivity index (χ3v) is 5.63. The number of carbonyl (C=O) groups excluding carboxylic acids is 1. The molecular formula is C22H27N5O2. The number of fused-ring (bicyclic) bond motifs is 1. The molecule has 1 amide bonds. The van der Waals surface area contributed by atoms with E-state index in [4.69, 9.17) is 5.10 Å². The van der Waals surface area contributed by atoms with Crippen molar-refractivity contribution in [2.24, 2.45) is 0 Å². The summed E-state index contributed by atoms with van der Waals surface area (Å²) in [5.41, 5.74) is 4.89. The second-order valence-electron chi connectivity index (χ2n) is 7.73. The largest absolute Gasteiger partial charge is 0.304 e. The Morgan fingerprint density at radius 1 is 1.10 bits per heavy atom. The summed E-state index contributed by atoms with van der Waals surface area (Å²) in [5, 5.41) is 15.0. The standard InChI is InChI=1S/C22H27N5O2/c1-25-10-12-26(13-11-25)15-18-8-5-9-19-16-27(23-21(18)19)20(22(28)24-29)14-17-6-3-2-4-7-17/h2-9,16,20,29H,10-15H2,1H3,(H,24,28). The highest BCUT2D eigenvalue weighted by Gasteiger charge is 2.23. The number of piperazine rings is 1. The molecule has 0 radical (unpaired) electrons. The molecule has 0 saturated carbocycles. The first-order valence-electron chi connectivity index (χ1n) is 9.99. The maximum atomic E-state index is 12.4. The molecule has 4 rings (SSSR count). The van der Waals surface area contributed by atoms with Crippen molar-refractivity contribution < 1.29 is 10.0 Å². The number of likely N-dealkylation sites (N-methyl/N-ethyl adjacent to an activating group) is 1. The summed E-state index contributed by atoms with van der Waals surface area (Å²) in [7, 11) is 2.15. The molecule has 1 aliphatic rings. The van der Waals surface area contributed by atoms with Gasteiger partial charge in [0.2, 0.25) is 0 Å². The van der Waals surface area contributed by atoms with Crippen LogP contribution in [0.5, 0.6) is 0 Å². The Morgan fingerprint density at radius 3 is 2.59 bits per heavy atom. The number of amides is 1. The van der Waals surface area contributed by atoms with Crippen LogP contribution in [0, 0.1) is 0 Å². The Kier molecular flexibility index (Phi) is 5.89. The molecule has 1 unspecified atom stereocenters. The lowest BCUT2D eigenvalue weighted by atomic mass is 10.1. The summed E-state index contributed by atoms with van der Waals surface area (Å²) in [6.07, 6.45) is 2.35. The highest BCUT2D eigenvalue weighted by molar-refractivity contribution is 5.83. The van der Waals surface area contributed by atoms with Crippen LogP contribution < -0.4 is 5.48 Å². The molecule has 152 valence electrons. The summed E-state index contributed by atoms with van der Waals surface area (Å²) in [5.74, 6) is -0.470. The quantitative estimate of drug-likeness (QED) is 0.495. The molecule has 1 aromatic heterocycles. The molecule has 2 heterocycles. The van der Waals surface area contributed by atoms with E-state index in [2.05, 4.69) is 22.9 Å². The first-order chi connectivity index (χ1) is 14.1. The van der Waals surface area contributed by atoms with Gasteiger partial charge < -0.3 is 4.90 Å². The van der Waals surface area contributed by atoms with Crippen molar-refractivity contribution in [1.29, 1.82) is 0 Å². The Balaban J connectivity index is 1.61. The molecule has 1 aliphatic heterocycles. The minimum Gasteiger partial charge on any atom is -0.304 e. The van der Waals surface area contributed by atoms with Crippen molar-refractivity contribution in [3.8, 4) is 0 Å². The third kappa shape index (κ3) is 4.48. The van der Waals surface area contributed by atoms with Crippen molar-refractivity contribution in [1.82, 2.24) is 25.1 Å². The Bertz CT molecular complexity index is 964. The van der Waals surface area contributed by atoms with Gasteiger partial charge in [-0.15, -0.1) is 0 Å². The monoisotopic (exact) mass is 393 g/mol. The van der Waals surface area contributed by atoms with Crippen LogP contribution in [0.4, 0.5) is 0 Å². The van der Waals surface area contributed by atoms with Gasteiger partial charge in [0.25, 0.3) is 5.91 Å². The maximum Gasteiger partial charge on any atom is 0.268 e. The fraction of sp³-hybridized carbons (Fsp3) is 0.364. The Hall–Kier alpha value is -2.74. The molecule has 1 atom stereocenters. The second kappa shape index (κ2) is 8.73. The lowest BCUT2D eigenvalue weighted by Crippen LogP contribution is -2.43. The van der Waals surface area contributed by atoms with Crippen LogP contribution in [-0.2, 0) is 17.8 Å². The minimum atomic E-state index is -0.619. The lowest BCUT2D eigenvalue weighted by Gasteiger charge is -2.32. The van der Waals surface area contributed by atoms with Crippen LogP contribution in [0.25, 0.3) is 10.9 Å². The van der Waals surface area contributed by atoms with Crippen LogP contribution in [0.1, 0.15) is 17.2 Å². The fourth-order valence-electron chi connectivity index (χ4n) is 3.88. The van der Waals surface area contributed by atoms with Gasteiger partial charge in [-0.2, -0.15) is 5.10 Å². The van der Waals surface area contributed by atoms with Gasteiger partial charge in [-0.05, 0) is 18.2 Å². The van der Waals surface area contributed by atoms with Crippen molar-refractivity contribution in [3.63, 3.8) is 0 Å². The van der Waals surface area contributed by atoms with Crippen LogP contribution in [0.2, 0.25) is 0 Å². The zero-order valence-electron chi connectivity index (χ0n) is 16.7. The zero-order valence-corrected chi connectivity index (χ0v) is 16.7. The van der Waals surface area contributed by atoms with E-state index in [-0.39, 0.29) is 0 Å². The zero-order chi connectivity index (χ0) is 20.2. The predicted octanol–water partition coefficient (Wildman–Crippen LogP) is 2.07. The summed E-state index contributed by atoms with van der Waals surface area (Å²) in [4.78, 5) is 17.2. The van der Waals surface area contributed by atoms with Gasteiger partial charge in [0.1, 0.15) is 6.04 Å². The SMILES string of the molecule is CN1CCN(Cc2cccc3cn(C(Cc4ccccc4)C(=O)NO)nc23)CC1. The van der Waals surface area contributed by atoms with Gasteiger partial charge in [0.05, 0.1) is 5.52 Å². The topological polar surface area (TPSA) is 73.6 Å². The van der Waals surface area contributed by atoms with Crippen LogP contribution in [0.15, 0.2) is 54.7 Å². The summed E-state index contributed by atoms with van der Waals surface area (Å²) in [6.45, 7) is 5.06. The lowest BCUT2D eigenvalue weighted by molar-refractivity contribution is -0.132. The van der Waals surface area contributed by atoms with E-state index in [0.717, 1.165) is 54.8 Å². The van der Waals surface area contributed by atoms with Gasteiger partial charge in [-0.25, -0.2) is 5.48 Å². The molecule has 0 bridgehead atoms. The van der Waals surface area contributed by atoms with Crippen LogP contribution in [-0.4, -0.2) is 63.9 Å². The van der Waals surface area contributed by atoms with E-state index in [0.29, 0.717) is 6.42 Å². The normalized spacial score (nSPS) is 16.8. The van der Waals surface area contributed by atoms with Crippen molar-refractivity contribution in [2.45, 2.75) is 19.0 Å². The van der Waals surface area contributed by atoms with Gasteiger partial charge in [0, 0.05) is 50.7 Å². The predicted molar refractivity (Wildman–Crippen MR) is 112 cm³/mol. The van der Waals surface area contributed by atoms with E-state index in [1.165, 1.54) is 0 Å². The molecule has 2 aromatic carbocycles. The van der Waals surface area contributed by atoms with Crippen molar-refractivity contribution >= 4 is 16.8 Å². The fourth-order valence-corrected chi connectivity index (χ4v) is 3.88. The molecule has 3 aromatic rings. The number of nitrogens with zero attached hydrogens (tertiary/aromatic N) is 4. The minimum absolute atomic E-state index is 0.453. The Labute approximate surface area is 170 Å². The molecule has 2 N–H and O–H groups in total. The first kappa shape index (κ1) is 19.6. The van der Waals surface area contributed by atoms with E-state index in [1.54, 1.807) is 10.2 Å². The molecule has 1 fully saturated rings.